The molecule has 2 aliphatic heterocycles. The van der Waals surface area contributed by atoms with Gasteiger partial charge in [-0.3, -0.25) is 14.5 Å². The summed E-state index contributed by atoms with van der Waals surface area (Å²) in [6.07, 6.45) is 1.67. The Bertz CT molecular complexity index is 888. The van der Waals surface area contributed by atoms with Crippen LogP contribution in [0.1, 0.15) is 10.6 Å². The second-order valence-electron chi connectivity index (χ2n) is 5.82. The smallest absolute Gasteiger partial charge is 0.353 e. The summed E-state index contributed by atoms with van der Waals surface area (Å²) in [4.78, 5) is 38.6. The fraction of sp³-hybridized carbons (Fsp3) is 0.235. The molecule has 1 fully saturated rings. The number of furan rings is 1. The number of fused-ring (bicyclic) bond motifs is 1. The Morgan fingerprint density at radius 3 is 2.85 bits per heavy atom. The summed E-state index contributed by atoms with van der Waals surface area (Å²) in [5.41, 5.74) is 0.401. The molecule has 0 saturated carbocycles. The number of carbonyl (C=O) groups is 3. The van der Waals surface area contributed by atoms with Crippen molar-refractivity contribution in [2.75, 3.05) is 5.75 Å². The van der Waals surface area contributed by atoms with Crippen LogP contribution in [0.4, 0.5) is 0 Å². The molecule has 2 aromatic heterocycles. The molecule has 0 spiro atoms. The summed E-state index contributed by atoms with van der Waals surface area (Å²) < 4.78 is 5.31. The maximum Gasteiger partial charge on any atom is 0.353 e. The number of hydrogen-bond acceptors (Lipinski definition) is 6. The summed E-state index contributed by atoms with van der Waals surface area (Å²) in [7, 11) is 0. The number of rotatable bonds is 5. The minimum atomic E-state index is -1.18. The Hall–Kier alpha value is -2.52. The van der Waals surface area contributed by atoms with E-state index in [4.69, 9.17) is 4.42 Å². The number of nitrogens with one attached hydrogen (secondary N) is 1. The third-order valence-corrected chi connectivity index (χ3v) is 6.38. The van der Waals surface area contributed by atoms with E-state index in [1.165, 1.54) is 34.3 Å². The number of thioether (sulfide) groups is 1. The molecule has 134 valence electrons. The van der Waals surface area contributed by atoms with E-state index in [1.807, 2.05) is 17.5 Å². The normalized spacial score (nSPS) is 22.0. The van der Waals surface area contributed by atoms with Gasteiger partial charge in [-0.15, -0.1) is 23.1 Å². The maximum absolute atomic E-state index is 12.5. The van der Waals surface area contributed by atoms with Gasteiger partial charge < -0.3 is 14.8 Å². The van der Waals surface area contributed by atoms with Crippen LogP contribution in [0.25, 0.3) is 5.57 Å². The lowest BCUT2D eigenvalue weighted by atomic mass is 10.0. The minimum absolute atomic E-state index is 0.0718. The predicted octanol–water partition coefficient (Wildman–Crippen LogP) is 1.78. The molecule has 26 heavy (non-hydrogen) atoms. The number of amides is 2. The van der Waals surface area contributed by atoms with Gasteiger partial charge in [0.2, 0.25) is 5.91 Å². The van der Waals surface area contributed by atoms with Crippen LogP contribution in [0, 0.1) is 0 Å². The zero-order valence-corrected chi connectivity index (χ0v) is 15.0. The van der Waals surface area contributed by atoms with Crippen LogP contribution >= 0.6 is 23.1 Å². The van der Waals surface area contributed by atoms with Crippen LogP contribution in [-0.2, 0) is 20.8 Å². The van der Waals surface area contributed by atoms with Crippen molar-refractivity contribution in [1.29, 1.82) is 0 Å². The van der Waals surface area contributed by atoms with Gasteiger partial charge in [0, 0.05) is 16.2 Å². The molecule has 2 atom stereocenters. The van der Waals surface area contributed by atoms with Gasteiger partial charge in [-0.25, -0.2) is 4.79 Å². The Kier molecular flexibility index (Phi) is 4.33. The first kappa shape index (κ1) is 16.9. The molecule has 0 radical (unpaired) electrons. The molecule has 2 N–H and O–H groups in total. The number of carbonyl (C=O) groups excluding carboxylic acids is 2. The van der Waals surface area contributed by atoms with Crippen LogP contribution in [0.5, 0.6) is 0 Å². The van der Waals surface area contributed by atoms with E-state index in [2.05, 4.69) is 5.32 Å². The average molecular weight is 390 g/mol. The van der Waals surface area contributed by atoms with Crippen LogP contribution in [0.3, 0.4) is 0 Å². The SMILES string of the molecule is O=C(Cc1cccs1)N[C@@H]1C(=O)N2C(C(=O)O)=C(c3ccco3)CS[C@@H]12. The molecule has 1 saturated heterocycles. The summed E-state index contributed by atoms with van der Waals surface area (Å²) >= 11 is 2.89. The summed E-state index contributed by atoms with van der Waals surface area (Å²) in [5.74, 6) is -1.02. The van der Waals surface area contributed by atoms with Gasteiger partial charge in [0.05, 0.1) is 12.7 Å². The van der Waals surface area contributed by atoms with Gasteiger partial charge in [-0.1, -0.05) is 6.07 Å². The number of carboxylic acid groups (broad SMARTS) is 1. The molecule has 2 aromatic rings. The van der Waals surface area contributed by atoms with Crippen LogP contribution < -0.4 is 5.32 Å². The molecule has 0 unspecified atom stereocenters. The van der Waals surface area contributed by atoms with Crippen molar-refractivity contribution >= 4 is 46.5 Å². The lowest BCUT2D eigenvalue weighted by Gasteiger charge is -2.49. The third kappa shape index (κ3) is 2.82. The second-order valence-corrected chi connectivity index (χ2v) is 7.96. The van der Waals surface area contributed by atoms with Crippen molar-refractivity contribution < 1.29 is 23.9 Å². The lowest BCUT2D eigenvalue weighted by molar-refractivity contribution is -0.150. The van der Waals surface area contributed by atoms with Crippen molar-refractivity contribution in [3.63, 3.8) is 0 Å². The Balaban J connectivity index is 1.52. The molecule has 4 heterocycles. The van der Waals surface area contributed by atoms with Gasteiger partial charge >= 0.3 is 5.97 Å². The zero-order valence-electron chi connectivity index (χ0n) is 13.4. The average Bonchev–Trinajstić information content (AvgIpc) is 3.32. The molecule has 4 rings (SSSR count). The minimum Gasteiger partial charge on any atom is -0.477 e. The predicted molar refractivity (Wildman–Crippen MR) is 96.3 cm³/mol. The first-order valence-corrected chi connectivity index (χ1v) is 9.76. The largest absolute Gasteiger partial charge is 0.477 e. The Morgan fingerprint density at radius 1 is 1.35 bits per heavy atom. The van der Waals surface area contributed by atoms with Crippen molar-refractivity contribution in [1.82, 2.24) is 10.2 Å². The first-order valence-electron chi connectivity index (χ1n) is 7.83. The Morgan fingerprint density at radius 2 is 2.19 bits per heavy atom. The van der Waals surface area contributed by atoms with E-state index >= 15 is 0 Å². The molecular formula is C17H14N2O5S2. The highest BCUT2D eigenvalue weighted by Gasteiger charge is 2.54. The lowest BCUT2D eigenvalue weighted by Crippen LogP contribution is -2.70. The molecule has 2 amide bonds. The molecule has 2 aliphatic rings. The highest BCUT2D eigenvalue weighted by Crippen LogP contribution is 2.43. The second kappa shape index (κ2) is 6.65. The number of carboxylic acids is 1. The fourth-order valence-corrected chi connectivity index (χ4v) is 5.11. The van der Waals surface area contributed by atoms with Crippen LogP contribution in [0.15, 0.2) is 46.0 Å². The van der Waals surface area contributed by atoms with Crippen molar-refractivity contribution in [3.05, 3.63) is 52.2 Å². The summed E-state index contributed by atoms with van der Waals surface area (Å²) in [5, 5.41) is 13.8. The van der Waals surface area contributed by atoms with E-state index in [0.29, 0.717) is 17.1 Å². The standard InChI is InChI=1S/C17H14N2O5S2/c20-12(7-9-3-2-6-25-9)18-13-15(21)19-14(17(22)23)10(8-26-16(13)19)11-4-1-5-24-11/h1-6,13,16H,7-8H2,(H,18,20)(H,22,23)/t13-,16+/m1/s1. The molecule has 0 aliphatic carbocycles. The van der Waals surface area contributed by atoms with Gasteiger partial charge in [-0.2, -0.15) is 0 Å². The first-order chi connectivity index (χ1) is 12.6. The highest BCUT2D eigenvalue weighted by atomic mass is 32.2. The number of thiophene rings is 1. The van der Waals surface area contributed by atoms with Gasteiger partial charge in [-0.05, 0) is 23.6 Å². The van der Waals surface area contributed by atoms with Crippen molar-refractivity contribution in [3.8, 4) is 0 Å². The van der Waals surface area contributed by atoms with E-state index in [0.717, 1.165) is 4.88 Å². The molecule has 9 heteroatoms. The topological polar surface area (TPSA) is 99.9 Å². The van der Waals surface area contributed by atoms with Crippen LogP contribution in [-0.4, -0.2) is 45.0 Å². The zero-order chi connectivity index (χ0) is 18.3. The number of nitrogens with zero attached hydrogens (tertiary/aromatic N) is 1. The molecule has 7 nitrogen and oxygen atoms in total. The van der Waals surface area contributed by atoms with Crippen LogP contribution in [0.2, 0.25) is 0 Å². The monoisotopic (exact) mass is 390 g/mol. The van der Waals surface area contributed by atoms with Crippen molar-refractivity contribution in [2.24, 2.45) is 0 Å². The van der Waals surface area contributed by atoms with Gasteiger partial charge in [0.15, 0.2) is 0 Å². The van der Waals surface area contributed by atoms with E-state index < -0.39 is 23.3 Å². The number of β-lactam (4-membered cyclic amide) rings is 1. The third-order valence-electron chi connectivity index (χ3n) is 4.22. The van der Waals surface area contributed by atoms with E-state index in [9.17, 15) is 19.5 Å². The molecule has 0 bridgehead atoms. The molecular weight excluding hydrogens is 376 g/mol. The number of aliphatic carboxylic acids is 1. The summed E-state index contributed by atoms with van der Waals surface area (Å²) in [6.45, 7) is 0. The van der Waals surface area contributed by atoms with E-state index in [1.54, 1.807) is 12.1 Å². The van der Waals surface area contributed by atoms with Crippen molar-refractivity contribution in [2.45, 2.75) is 17.8 Å². The van der Waals surface area contributed by atoms with E-state index in [-0.39, 0.29) is 18.0 Å². The Labute approximate surface area is 156 Å². The molecule has 0 aromatic carbocycles. The highest BCUT2D eigenvalue weighted by molar-refractivity contribution is 8.00. The number of hydrogen-bond donors (Lipinski definition) is 2. The summed E-state index contributed by atoms with van der Waals surface area (Å²) in [6, 6.07) is 6.35. The maximum atomic E-state index is 12.5. The van der Waals surface area contributed by atoms with Gasteiger partial charge in [0.1, 0.15) is 22.9 Å². The van der Waals surface area contributed by atoms with Gasteiger partial charge in [0.25, 0.3) is 5.91 Å². The quantitative estimate of drug-likeness (QED) is 0.755. The fourth-order valence-electron chi connectivity index (χ4n) is 3.05.